The van der Waals surface area contributed by atoms with Gasteiger partial charge in [-0.25, -0.2) is 9.67 Å². The minimum Gasteiger partial charge on any atom is -0.310 e. The minimum atomic E-state index is -0.313. The number of benzene rings is 6. The van der Waals surface area contributed by atoms with Crippen molar-refractivity contribution in [2.45, 2.75) is 105 Å². The van der Waals surface area contributed by atoms with Crippen LogP contribution < -0.4 is 4.90 Å². The standard InChI is InChI=1S/C60H63N5/c1-40-32-41(2)65(62-40)50-34-46(60(11,12)43-24-18-14-19-25-43)33-48(37-50)63(47-26-20-15-21-27-47)49-38-52(58(6,7)8)56-51-35-45(59(9,10)42-22-16-13-17-23-42)28-29-53(51)64(54(56)39-49)55-36-44(30-31-61-55)57(3,4)5/h13-39H,1-12H3. The van der Waals surface area contributed by atoms with Crippen LogP contribution in [0, 0.1) is 13.8 Å². The lowest BCUT2D eigenvalue weighted by atomic mass is 9.77. The third-order valence-corrected chi connectivity index (χ3v) is 13.6. The Balaban J connectivity index is 1.39. The molecule has 328 valence electrons. The number of rotatable bonds is 9. The maximum absolute atomic E-state index is 5.16. The van der Waals surface area contributed by atoms with Crippen molar-refractivity contribution in [3.8, 4) is 11.5 Å². The summed E-state index contributed by atoms with van der Waals surface area (Å²) in [6.07, 6.45) is 1.98. The average molecular weight is 854 g/mol. The summed E-state index contributed by atoms with van der Waals surface area (Å²) in [5.41, 5.74) is 15.3. The lowest BCUT2D eigenvalue weighted by Crippen LogP contribution is -2.21. The molecule has 0 saturated carbocycles. The molecule has 0 aliphatic carbocycles. The first-order chi connectivity index (χ1) is 30.8. The molecule has 0 aliphatic heterocycles. The number of para-hydroxylation sites is 1. The number of aryl methyl sites for hydroxylation is 2. The molecule has 9 rings (SSSR count). The summed E-state index contributed by atoms with van der Waals surface area (Å²) in [6.45, 7) is 27.4. The van der Waals surface area contributed by atoms with E-state index in [-0.39, 0.29) is 21.7 Å². The summed E-state index contributed by atoms with van der Waals surface area (Å²) >= 11 is 0. The second-order valence-electron chi connectivity index (χ2n) is 21.1. The predicted octanol–water partition coefficient (Wildman–Crippen LogP) is 15.7. The number of fused-ring (bicyclic) bond motifs is 3. The van der Waals surface area contributed by atoms with Crippen LogP contribution in [0.5, 0.6) is 0 Å². The monoisotopic (exact) mass is 854 g/mol. The Morgan fingerprint density at radius 2 is 1.06 bits per heavy atom. The van der Waals surface area contributed by atoms with Gasteiger partial charge < -0.3 is 4.90 Å². The highest BCUT2D eigenvalue weighted by Gasteiger charge is 2.31. The zero-order chi connectivity index (χ0) is 46.1. The van der Waals surface area contributed by atoms with Crippen molar-refractivity contribution in [1.29, 1.82) is 0 Å². The van der Waals surface area contributed by atoms with Crippen LogP contribution in [0.1, 0.15) is 114 Å². The van der Waals surface area contributed by atoms with Gasteiger partial charge in [0.1, 0.15) is 5.82 Å². The lowest BCUT2D eigenvalue weighted by molar-refractivity contribution is 0.588. The second-order valence-corrected chi connectivity index (χ2v) is 21.1. The molecule has 6 aromatic carbocycles. The van der Waals surface area contributed by atoms with E-state index >= 15 is 0 Å². The molecule has 3 aromatic heterocycles. The van der Waals surface area contributed by atoms with E-state index < -0.39 is 0 Å². The molecule has 0 aliphatic rings. The number of nitrogens with zero attached hydrogens (tertiary/aromatic N) is 5. The van der Waals surface area contributed by atoms with Gasteiger partial charge in [0.05, 0.1) is 22.4 Å². The molecule has 0 fully saturated rings. The molecule has 0 amide bonds. The number of hydrogen-bond donors (Lipinski definition) is 0. The largest absolute Gasteiger partial charge is 0.310 e. The quantitative estimate of drug-likeness (QED) is 0.145. The molecule has 9 aromatic rings. The highest BCUT2D eigenvalue weighted by Crippen LogP contribution is 2.47. The van der Waals surface area contributed by atoms with E-state index in [4.69, 9.17) is 10.1 Å². The third-order valence-electron chi connectivity index (χ3n) is 13.6. The van der Waals surface area contributed by atoms with Crippen molar-refractivity contribution in [1.82, 2.24) is 19.3 Å². The number of anilines is 3. The van der Waals surface area contributed by atoms with Crippen LogP contribution in [-0.4, -0.2) is 19.3 Å². The molecule has 0 radical (unpaired) electrons. The predicted molar refractivity (Wildman–Crippen MR) is 274 cm³/mol. The zero-order valence-electron chi connectivity index (χ0n) is 40.3. The molecule has 0 bridgehead atoms. The van der Waals surface area contributed by atoms with Gasteiger partial charge in [-0.1, -0.05) is 154 Å². The highest BCUT2D eigenvalue weighted by molar-refractivity contribution is 6.13. The Bertz CT molecular complexity index is 3170. The smallest absolute Gasteiger partial charge is 0.137 e. The summed E-state index contributed by atoms with van der Waals surface area (Å²) in [5, 5.41) is 7.51. The van der Waals surface area contributed by atoms with Crippen LogP contribution in [0.4, 0.5) is 17.1 Å². The topological polar surface area (TPSA) is 38.9 Å². The van der Waals surface area contributed by atoms with E-state index in [1.54, 1.807) is 0 Å². The molecule has 0 saturated heterocycles. The Hall–Kier alpha value is -6.72. The van der Waals surface area contributed by atoms with E-state index in [9.17, 15) is 0 Å². The van der Waals surface area contributed by atoms with Gasteiger partial charge in [-0.2, -0.15) is 5.10 Å². The molecule has 5 nitrogen and oxygen atoms in total. The van der Waals surface area contributed by atoms with E-state index in [0.717, 1.165) is 51.0 Å². The molecule has 65 heavy (non-hydrogen) atoms. The van der Waals surface area contributed by atoms with Gasteiger partial charge in [0.2, 0.25) is 0 Å². The van der Waals surface area contributed by atoms with E-state index in [0.29, 0.717) is 0 Å². The number of aromatic nitrogens is 4. The molecule has 0 unspecified atom stereocenters. The van der Waals surface area contributed by atoms with Crippen LogP contribution in [0.3, 0.4) is 0 Å². The number of pyridine rings is 1. The molecular weight excluding hydrogens is 791 g/mol. The minimum absolute atomic E-state index is 0.0586. The van der Waals surface area contributed by atoms with Crippen molar-refractivity contribution < 1.29 is 0 Å². The summed E-state index contributed by atoms with van der Waals surface area (Å²) in [6, 6.07) is 58.1. The molecular formula is C60H63N5. The van der Waals surface area contributed by atoms with E-state index in [2.05, 4.69) is 255 Å². The fourth-order valence-electron chi connectivity index (χ4n) is 9.66. The van der Waals surface area contributed by atoms with Gasteiger partial charge in [0, 0.05) is 50.6 Å². The maximum atomic E-state index is 5.16. The van der Waals surface area contributed by atoms with Crippen LogP contribution in [0.2, 0.25) is 0 Å². The summed E-state index contributed by atoms with van der Waals surface area (Å²) in [4.78, 5) is 7.60. The van der Waals surface area contributed by atoms with Crippen molar-refractivity contribution in [3.05, 3.63) is 209 Å². The fourth-order valence-corrected chi connectivity index (χ4v) is 9.66. The summed E-state index contributed by atoms with van der Waals surface area (Å²) in [5.74, 6) is 0.911. The summed E-state index contributed by atoms with van der Waals surface area (Å²) < 4.78 is 4.51. The first-order valence-electron chi connectivity index (χ1n) is 23.1. The molecule has 0 atom stereocenters. The van der Waals surface area contributed by atoms with Crippen LogP contribution in [0.15, 0.2) is 164 Å². The number of hydrogen-bond acceptors (Lipinski definition) is 3. The fraction of sp³-hybridized carbons (Fsp3) is 0.267. The van der Waals surface area contributed by atoms with Gasteiger partial charge in [0.15, 0.2) is 0 Å². The first kappa shape index (κ1) is 43.5. The summed E-state index contributed by atoms with van der Waals surface area (Å²) in [7, 11) is 0. The zero-order valence-corrected chi connectivity index (χ0v) is 40.3. The Morgan fingerprint density at radius 3 is 1.65 bits per heavy atom. The lowest BCUT2D eigenvalue weighted by Gasteiger charge is -2.32. The van der Waals surface area contributed by atoms with Gasteiger partial charge in [0.25, 0.3) is 0 Å². The Kier molecular flexibility index (Phi) is 10.8. The van der Waals surface area contributed by atoms with Gasteiger partial charge >= 0.3 is 0 Å². The van der Waals surface area contributed by atoms with Gasteiger partial charge in [-0.05, 0) is 131 Å². The molecule has 0 spiro atoms. The van der Waals surface area contributed by atoms with Crippen molar-refractivity contribution >= 4 is 38.9 Å². The average Bonchev–Trinajstić information content (AvgIpc) is 3.81. The van der Waals surface area contributed by atoms with Gasteiger partial charge in [-0.15, -0.1) is 0 Å². The second kappa shape index (κ2) is 16.1. The van der Waals surface area contributed by atoms with Crippen LogP contribution in [0.25, 0.3) is 33.3 Å². The normalized spacial score (nSPS) is 12.6. The van der Waals surface area contributed by atoms with Crippen molar-refractivity contribution in [2.24, 2.45) is 0 Å². The Morgan fingerprint density at radius 1 is 0.462 bits per heavy atom. The molecule has 3 heterocycles. The van der Waals surface area contributed by atoms with Crippen molar-refractivity contribution in [2.75, 3.05) is 4.90 Å². The first-order valence-corrected chi connectivity index (χ1v) is 23.1. The maximum Gasteiger partial charge on any atom is 0.137 e. The van der Waals surface area contributed by atoms with E-state index in [1.807, 2.05) is 6.20 Å². The van der Waals surface area contributed by atoms with E-state index in [1.165, 1.54) is 44.2 Å². The highest BCUT2D eigenvalue weighted by atomic mass is 15.3. The third kappa shape index (κ3) is 7.96. The van der Waals surface area contributed by atoms with Crippen molar-refractivity contribution in [3.63, 3.8) is 0 Å². The molecule has 5 heteroatoms. The molecule has 0 N–H and O–H groups in total. The van der Waals surface area contributed by atoms with Crippen LogP contribution >= 0.6 is 0 Å². The SMILES string of the molecule is Cc1cc(C)n(-c2cc(N(c3ccccc3)c3cc(C(C)(C)C)c4c5cc(C(C)(C)c6ccccc6)ccc5n(-c5cc(C(C)(C)C)ccn5)c4c3)cc(C(C)(C)c3ccccc3)c2)n1. The van der Waals surface area contributed by atoms with Crippen LogP contribution in [-0.2, 0) is 21.7 Å². The Labute approximate surface area is 386 Å². The van der Waals surface area contributed by atoms with Gasteiger partial charge in [-0.3, -0.25) is 4.57 Å².